The van der Waals surface area contributed by atoms with Crippen LogP contribution in [0.25, 0.3) is 0 Å². The Morgan fingerprint density at radius 2 is 1.69 bits per heavy atom. The number of phenols is 1. The van der Waals surface area contributed by atoms with Gasteiger partial charge in [-0.3, -0.25) is 24.6 Å². The maximum absolute atomic E-state index is 15.5. The number of nitrogens with one attached hydrogen (secondary N) is 1. The lowest BCUT2D eigenvalue weighted by molar-refractivity contribution is -0.138. The molecule has 9 nitrogen and oxygen atoms in total. The second-order valence-electron chi connectivity index (χ2n) is 14.5. The van der Waals surface area contributed by atoms with Crippen molar-refractivity contribution in [2.45, 2.75) is 37.5 Å². The zero-order valence-electron chi connectivity index (χ0n) is 29.9. The first-order valence-electron chi connectivity index (χ1n) is 17.9. The van der Waals surface area contributed by atoms with Gasteiger partial charge in [0.2, 0.25) is 11.8 Å². The van der Waals surface area contributed by atoms with Crippen molar-refractivity contribution in [3.63, 3.8) is 0 Å². The first kappa shape index (κ1) is 36.9. The van der Waals surface area contributed by atoms with Crippen LogP contribution in [0.2, 0.25) is 15.1 Å². The van der Waals surface area contributed by atoms with E-state index < -0.39 is 52.7 Å². The van der Waals surface area contributed by atoms with Crippen LogP contribution in [0.3, 0.4) is 0 Å². The molecular weight excluding hydrogens is 761 g/mol. The average Bonchev–Trinajstić information content (AvgIpc) is 3.55. The Bertz CT molecular complexity index is 2340. The first-order valence-corrected chi connectivity index (χ1v) is 19.1. The highest BCUT2D eigenvalue weighted by Gasteiger charge is 2.70. The Morgan fingerprint density at radius 3 is 2.38 bits per heavy atom. The fourth-order valence-electron chi connectivity index (χ4n) is 9.33. The van der Waals surface area contributed by atoms with Crippen LogP contribution < -0.4 is 15.1 Å². The second-order valence-corrected chi connectivity index (χ2v) is 15.8. The number of allylic oxidation sites excluding steroid dienone is 3. The minimum Gasteiger partial charge on any atom is -0.507 e. The van der Waals surface area contributed by atoms with Crippen LogP contribution in [0.4, 0.5) is 11.4 Å². The summed E-state index contributed by atoms with van der Waals surface area (Å²) in [6.07, 6.45) is 4.25. The van der Waals surface area contributed by atoms with Crippen LogP contribution in [-0.4, -0.2) is 40.9 Å². The molecule has 4 aromatic carbocycles. The molecule has 2 aliphatic carbocycles. The van der Waals surface area contributed by atoms with Gasteiger partial charge < -0.3 is 9.84 Å². The maximum atomic E-state index is 15.5. The van der Waals surface area contributed by atoms with Gasteiger partial charge in [-0.2, -0.15) is 5.01 Å². The lowest BCUT2D eigenvalue weighted by atomic mass is 9.49. The van der Waals surface area contributed by atoms with Gasteiger partial charge in [0.05, 0.1) is 46.7 Å². The number of aromatic hydroxyl groups is 1. The van der Waals surface area contributed by atoms with Crippen molar-refractivity contribution < 1.29 is 29.0 Å². The Balaban J connectivity index is 1.35. The number of rotatable bonds is 8. The molecule has 8 rings (SSSR count). The van der Waals surface area contributed by atoms with Gasteiger partial charge in [-0.15, -0.1) is 6.58 Å². The molecule has 2 aliphatic heterocycles. The SMILES string of the molecule is C=CCc1cccc(C2C3=CCC4C(=O)N(c5ccc(C)c(Cl)c5)C(=O)C4C3CC3C(=O)N(Nc4ccc(Cl)cc4Cl)C(=O)C32c2ccc(OC)cc2)c1O. The number of amides is 4. The molecule has 4 aliphatic rings. The van der Waals surface area contributed by atoms with Crippen LogP contribution >= 0.6 is 34.8 Å². The standard InChI is InChI=1S/C43H36Cl3N3O6/c1-4-6-23-7-5-8-30(38(23)50)37-28-16-17-29-36(41(53)48(39(29)51)26-13-9-22(2)33(45)20-26)31(28)21-32-40(52)49(47-35-18-12-25(44)19-34(35)46)42(54)43(32,37)24-10-14-27(55-3)15-11-24/h4-5,7-16,18-20,29,31-32,36-37,47,50H,1,6,17,21H2,2-3H3. The van der Waals surface area contributed by atoms with E-state index in [1.54, 1.807) is 78.9 Å². The average molecular weight is 797 g/mol. The molecule has 0 spiro atoms. The summed E-state index contributed by atoms with van der Waals surface area (Å²) in [6, 6.07) is 22.1. The van der Waals surface area contributed by atoms with Crippen LogP contribution in [0.1, 0.15) is 41.0 Å². The lowest BCUT2D eigenvalue weighted by Crippen LogP contribution is -2.53. The van der Waals surface area contributed by atoms with Crippen molar-refractivity contribution in [3.8, 4) is 11.5 Å². The molecule has 0 aromatic heterocycles. The number of hydrogen-bond acceptors (Lipinski definition) is 7. The Labute approximate surface area is 333 Å². The number of nitrogens with zero attached hydrogens (tertiary/aromatic N) is 2. The fraction of sp³-hybridized carbons (Fsp3) is 0.256. The molecule has 2 heterocycles. The highest BCUT2D eigenvalue weighted by Crippen LogP contribution is 2.65. The van der Waals surface area contributed by atoms with E-state index in [9.17, 15) is 14.7 Å². The molecule has 3 fully saturated rings. The summed E-state index contributed by atoms with van der Waals surface area (Å²) in [6.45, 7) is 5.70. The Kier molecular flexibility index (Phi) is 9.31. The van der Waals surface area contributed by atoms with E-state index in [1.165, 1.54) is 18.1 Å². The number of hydrogen-bond donors (Lipinski definition) is 2. The molecule has 280 valence electrons. The quantitative estimate of drug-likeness (QED) is 0.136. The third-order valence-corrected chi connectivity index (χ3v) is 12.8. The number of carbonyl (C=O) groups excluding carboxylic acids is 4. The summed E-state index contributed by atoms with van der Waals surface area (Å²) >= 11 is 19.2. The van der Waals surface area contributed by atoms with Gasteiger partial charge in [0.15, 0.2) is 0 Å². The lowest BCUT2D eigenvalue weighted by Gasteiger charge is -2.50. The number of para-hydroxylation sites is 1. The van der Waals surface area contributed by atoms with Gasteiger partial charge in [0.1, 0.15) is 11.5 Å². The van der Waals surface area contributed by atoms with Crippen molar-refractivity contribution >= 4 is 69.8 Å². The molecule has 4 amide bonds. The van der Waals surface area contributed by atoms with E-state index in [1.807, 2.05) is 13.0 Å². The maximum Gasteiger partial charge on any atom is 0.260 e. The molecule has 12 heteroatoms. The minimum absolute atomic E-state index is 0.0418. The zero-order chi connectivity index (χ0) is 38.9. The summed E-state index contributed by atoms with van der Waals surface area (Å²) in [5, 5.41) is 14.1. The van der Waals surface area contributed by atoms with E-state index in [-0.39, 0.29) is 35.2 Å². The number of fused-ring (bicyclic) bond motifs is 4. The summed E-state index contributed by atoms with van der Waals surface area (Å²) in [5.74, 6) is -5.52. The Hall–Kier alpha value is -5.09. The van der Waals surface area contributed by atoms with Gasteiger partial charge in [-0.05, 0) is 91.3 Å². The van der Waals surface area contributed by atoms with E-state index >= 15 is 9.59 Å². The smallest absolute Gasteiger partial charge is 0.260 e. The number of imide groups is 2. The molecule has 2 saturated heterocycles. The number of phenolic OH excluding ortho intramolecular Hbond substituents is 1. The third-order valence-electron chi connectivity index (χ3n) is 11.8. The summed E-state index contributed by atoms with van der Waals surface area (Å²) in [7, 11) is 1.54. The van der Waals surface area contributed by atoms with E-state index in [0.29, 0.717) is 50.2 Å². The summed E-state index contributed by atoms with van der Waals surface area (Å²) in [4.78, 5) is 60.5. The summed E-state index contributed by atoms with van der Waals surface area (Å²) < 4.78 is 5.48. The molecule has 0 bridgehead atoms. The van der Waals surface area contributed by atoms with Crippen molar-refractivity contribution in [2.24, 2.45) is 23.7 Å². The van der Waals surface area contributed by atoms with E-state index in [0.717, 1.165) is 10.6 Å². The van der Waals surface area contributed by atoms with E-state index in [2.05, 4.69) is 12.0 Å². The topological polar surface area (TPSA) is 116 Å². The summed E-state index contributed by atoms with van der Waals surface area (Å²) in [5.41, 5.74) is 5.06. The Morgan fingerprint density at radius 1 is 0.927 bits per heavy atom. The first-order chi connectivity index (χ1) is 26.4. The number of hydrazine groups is 1. The number of halogens is 3. The molecule has 6 unspecified atom stereocenters. The van der Waals surface area contributed by atoms with Crippen molar-refractivity contribution in [1.29, 1.82) is 0 Å². The predicted octanol–water partition coefficient (Wildman–Crippen LogP) is 8.59. The molecule has 55 heavy (non-hydrogen) atoms. The van der Waals surface area contributed by atoms with Gasteiger partial charge >= 0.3 is 0 Å². The molecule has 1 saturated carbocycles. The van der Waals surface area contributed by atoms with E-state index in [4.69, 9.17) is 39.5 Å². The van der Waals surface area contributed by atoms with Gasteiger partial charge in [-0.25, -0.2) is 4.90 Å². The third kappa shape index (κ3) is 5.58. The highest BCUT2D eigenvalue weighted by atomic mass is 35.5. The van der Waals surface area contributed by atoms with Crippen molar-refractivity contribution in [1.82, 2.24) is 5.01 Å². The number of carbonyl (C=O) groups is 4. The van der Waals surface area contributed by atoms with Crippen LogP contribution in [0.5, 0.6) is 11.5 Å². The van der Waals surface area contributed by atoms with Crippen LogP contribution in [-0.2, 0) is 31.0 Å². The molecule has 2 N–H and O–H groups in total. The fourth-order valence-corrected chi connectivity index (χ4v) is 9.95. The van der Waals surface area contributed by atoms with Crippen LogP contribution in [0.15, 0.2) is 103 Å². The van der Waals surface area contributed by atoms with Crippen LogP contribution in [0, 0.1) is 30.6 Å². The monoisotopic (exact) mass is 795 g/mol. The zero-order valence-corrected chi connectivity index (χ0v) is 32.2. The number of benzene rings is 4. The number of aryl methyl sites for hydroxylation is 1. The molecule has 6 atom stereocenters. The van der Waals surface area contributed by atoms with Crippen molar-refractivity contribution in [3.05, 3.63) is 140 Å². The molecular formula is C43H36Cl3N3O6. The second kappa shape index (κ2) is 13.9. The number of anilines is 2. The minimum atomic E-state index is -1.62. The predicted molar refractivity (Wildman–Crippen MR) is 211 cm³/mol. The van der Waals surface area contributed by atoms with Gasteiger partial charge in [-0.1, -0.05) is 88.9 Å². The van der Waals surface area contributed by atoms with Gasteiger partial charge in [0, 0.05) is 21.5 Å². The normalized spacial score (nSPS) is 25.7. The molecule has 0 radical (unpaired) electrons. The van der Waals surface area contributed by atoms with Gasteiger partial charge in [0.25, 0.3) is 11.8 Å². The number of ether oxygens (including phenoxy) is 1. The highest BCUT2D eigenvalue weighted by molar-refractivity contribution is 6.36. The number of methoxy groups -OCH3 is 1. The largest absolute Gasteiger partial charge is 0.507 e. The molecule has 4 aromatic rings. The van der Waals surface area contributed by atoms with Crippen molar-refractivity contribution in [2.75, 3.05) is 17.4 Å².